The van der Waals surface area contributed by atoms with E-state index in [1.165, 1.54) is 80.9 Å². The molecule has 0 atom stereocenters. The molecule has 0 aliphatic rings. The third-order valence-electron chi connectivity index (χ3n) is 5.61. The molecule has 0 unspecified atom stereocenters. The highest BCUT2D eigenvalue weighted by molar-refractivity contribution is 5.61. The summed E-state index contributed by atoms with van der Waals surface area (Å²) in [6.07, 6.45) is 14.8. The predicted octanol–water partition coefficient (Wildman–Crippen LogP) is 7.78. The molecule has 0 radical (unpaired) electrons. The first kappa shape index (κ1) is 20.9. The second-order valence-electron chi connectivity index (χ2n) is 7.35. The van der Waals surface area contributed by atoms with E-state index in [2.05, 4.69) is 25.9 Å². The second kappa shape index (κ2) is 11.4. The van der Waals surface area contributed by atoms with Gasteiger partial charge in [-0.1, -0.05) is 64.7 Å². The van der Waals surface area contributed by atoms with Crippen LogP contribution in [0.1, 0.15) is 98.9 Å². The molecule has 0 heterocycles. The maximum Gasteiger partial charge on any atom is 0.114 e. The van der Waals surface area contributed by atoms with E-state index >= 15 is 0 Å². The fourth-order valence-electron chi connectivity index (χ4n) is 3.67. The molecule has 136 valence electrons. The van der Waals surface area contributed by atoms with Gasteiger partial charge in [0.25, 0.3) is 0 Å². The zero-order valence-electron chi connectivity index (χ0n) is 16.6. The van der Waals surface area contributed by atoms with Gasteiger partial charge >= 0.3 is 0 Å². The standard InChI is InChI=1S/C22H37NO/c1-6-7-8-9-10-11-12-13-14-15-16-21-17(2)19(4)22(23-24)20(5)18(21)3/h6-16H2,1-5H3. The van der Waals surface area contributed by atoms with Gasteiger partial charge in [-0.3, -0.25) is 0 Å². The monoisotopic (exact) mass is 331 g/mol. The molecule has 0 spiro atoms. The quantitative estimate of drug-likeness (QED) is 0.284. The van der Waals surface area contributed by atoms with Crippen LogP contribution in [0.5, 0.6) is 0 Å². The Kier molecular flexibility index (Phi) is 9.90. The van der Waals surface area contributed by atoms with Crippen LogP contribution < -0.4 is 0 Å². The van der Waals surface area contributed by atoms with Crippen LogP contribution in [0.3, 0.4) is 0 Å². The first-order valence-electron chi connectivity index (χ1n) is 9.97. The van der Waals surface area contributed by atoms with Crippen molar-refractivity contribution in [3.8, 4) is 0 Å². The highest BCUT2D eigenvalue weighted by atomic mass is 16.3. The number of benzene rings is 1. The van der Waals surface area contributed by atoms with Gasteiger partial charge in [-0.05, 0) is 73.5 Å². The number of rotatable bonds is 12. The van der Waals surface area contributed by atoms with E-state index in [1.807, 2.05) is 13.8 Å². The van der Waals surface area contributed by atoms with Gasteiger partial charge in [-0.25, -0.2) is 0 Å². The molecule has 0 bridgehead atoms. The zero-order chi connectivity index (χ0) is 17.9. The summed E-state index contributed by atoms with van der Waals surface area (Å²) in [5, 5.41) is 3.24. The molecular formula is C22H37NO. The molecule has 0 aromatic heterocycles. The van der Waals surface area contributed by atoms with Crippen molar-refractivity contribution >= 4 is 5.69 Å². The van der Waals surface area contributed by atoms with Crippen molar-refractivity contribution in [1.82, 2.24) is 0 Å². The Balaban J connectivity index is 2.35. The fourth-order valence-corrected chi connectivity index (χ4v) is 3.67. The average molecular weight is 332 g/mol. The van der Waals surface area contributed by atoms with E-state index in [0.717, 1.165) is 17.5 Å². The topological polar surface area (TPSA) is 29.4 Å². The highest BCUT2D eigenvalue weighted by Gasteiger charge is 2.14. The molecule has 0 saturated heterocycles. The van der Waals surface area contributed by atoms with Gasteiger partial charge in [0.05, 0.1) is 0 Å². The van der Waals surface area contributed by atoms with Crippen molar-refractivity contribution in [2.24, 2.45) is 5.18 Å². The Hall–Kier alpha value is -1.18. The molecule has 0 N–H and O–H groups in total. The minimum absolute atomic E-state index is 0.650. The van der Waals surface area contributed by atoms with E-state index in [9.17, 15) is 4.91 Å². The van der Waals surface area contributed by atoms with Gasteiger partial charge in [0, 0.05) is 0 Å². The second-order valence-corrected chi connectivity index (χ2v) is 7.35. The minimum atomic E-state index is 0.650. The lowest BCUT2D eigenvalue weighted by Crippen LogP contribution is -2.00. The number of hydrogen-bond acceptors (Lipinski definition) is 2. The van der Waals surface area contributed by atoms with Gasteiger partial charge in [-0.2, -0.15) is 0 Å². The van der Waals surface area contributed by atoms with Crippen LogP contribution in [0, 0.1) is 32.6 Å². The summed E-state index contributed by atoms with van der Waals surface area (Å²) in [6, 6.07) is 0. The Morgan fingerprint density at radius 3 is 1.46 bits per heavy atom. The SMILES string of the molecule is CCCCCCCCCCCCc1c(C)c(C)c(N=O)c(C)c1C. The number of nitroso groups, excluding NO2 is 1. The van der Waals surface area contributed by atoms with Gasteiger partial charge in [0.1, 0.15) is 5.69 Å². The van der Waals surface area contributed by atoms with Crippen LogP contribution in [-0.2, 0) is 6.42 Å². The van der Waals surface area contributed by atoms with Crippen LogP contribution in [0.25, 0.3) is 0 Å². The van der Waals surface area contributed by atoms with Gasteiger partial charge in [0.2, 0.25) is 0 Å². The van der Waals surface area contributed by atoms with Crippen LogP contribution in [0.4, 0.5) is 5.69 Å². The lowest BCUT2D eigenvalue weighted by atomic mass is 9.89. The average Bonchev–Trinajstić information content (AvgIpc) is 2.58. The molecule has 2 nitrogen and oxygen atoms in total. The Morgan fingerprint density at radius 2 is 1.04 bits per heavy atom. The normalized spacial score (nSPS) is 11.0. The van der Waals surface area contributed by atoms with Crippen molar-refractivity contribution in [3.05, 3.63) is 32.7 Å². The van der Waals surface area contributed by atoms with Gasteiger partial charge < -0.3 is 0 Å². The van der Waals surface area contributed by atoms with Crippen molar-refractivity contribution in [3.63, 3.8) is 0 Å². The molecule has 0 saturated carbocycles. The molecule has 0 aliphatic carbocycles. The Bertz CT molecular complexity index is 490. The van der Waals surface area contributed by atoms with E-state index in [1.54, 1.807) is 0 Å². The van der Waals surface area contributed by atoms with E-state index in [0.29, 0.717) is 5.69 Å². The van der Waals surface area contributed by atoms with E-state index in [-0.39, 0.29) is 0 Å². The van der Waals surface area contributed by atoms with Crippen LogP contribution in [0.2, 0.25) is 0 Å². The van der Waals surface area contributed by atoms with Crippen molar-refractivity contribution in [2.45, 2.75) is 105 Å². The number of hydrogen-bond donors (Lipinski definition) is 0. The molecule has 0 aliphatic heterocycles. The molecular weight excluding hydrogens is 294 g/mol. The molecule has 0 amide bonds. The van der Waals surface area contributed by atoms with Crippen LogP contribution in [-0.4, -0.2) is 0 Å². The lowest BCUT2D eigenvalue weighted by molar-refractivity contribution is 0.556. The molecule has 0 fully saturated rings. The summed E-state index contributed by atoms with van der Waals surface area (Å²) in [4.78, 5) is 11.1. The first-order valence-corrected chi connectivity index (χ1v) is 9.97. The van der Waals surface area contributed by atoms with E-state index < -0.39 is 0 Å². The molecule has 1 aromatic rings. The maximum absolute atomic E-state index is 11.1. The third kappa shape index (κ3) is 6.03. The fraction of sp³-hybridized carbons (Fsp3) is 0.727. The summed E-state index contributed by atoms with van der Waals surface area (Å²) in [7, 11) is 0. The van der Waals surface area contributed by atoms with Crippen molar-refractivity contribution in [2.75, 3.05) is 0 Å². The maximum atomic E-state index is 11.1. The van der Waals surface area contributed by atoms with Gasteiger partial charge in [0.15, 0.2) is 0 Å². The summed E-state index contributed by atoms with van der Waals surface area (Å²) < 4.78 is 0. The van der Waals surface area contributed by atoms with Crippen LogP contribution in [0.15, 0.2) is 5.18 Å². The summed E-state index contributed by atoms with van der Waals surface area (Å²) >= 11 is 0. The first-order chi connectivity index (χ1) is 11.5. The van der Waals surface area contributed by atoms with Crippen molar-refractivity contribution in [1.29, 1.82) is 0 Å². The predicted molar refractivity (Wildman–Crippen MR) is 106 cm³/mol. The molecule has 1 rings (SSSR count). The lowest BCUT2D eigenvalue weighted by Gasteiger charge is -2.17. The highest BCUT2D eigenvalue weighted by Crippen LogP contribution is 2.33. The smallest absolute Gasteiger partial charge is 0.114 e. The summed E-state index contributed by atoms with van der Waals surface area (Å²) in [6.45, 7) is 10.6. The molecule has 1 aromatic carbocycles. The summed E-state index contributed by atoms with van der Waals surface area (Å²) in [5.41, 5.74) is 6.76. The van der Waals surface area contributed by atoms with E-state index in [4.69, 9.17) is 0 Å². The number of nitrogens with zero attached hydrogens (tertiary/aromatic N) is 1. The molecule has 2 heteroatoms. The molecule has 24 heavy (non-hydrogen) atoms. The Labute approximate surface area is 149 Å². The van der Waals surface area contributed by atoms with Crippen LogP contribution >= 0.6 is 0 Å². The minimum Gasteiger partial charge on any atom is -0.145 e. The zero-order valence-corrected chi connectivity index (χ0v) is 16.6. The van der Waals surface area contributed by atoms with Gasteiger partial charge in [-0.15, -0.1) is 4.91 Å². The third-order valence-corrected chi connectivity index (χ3v) is 5.61. The summed E-state index contributed by atoms with van der Waals surface area (Å²) in [5.74, 6) is 0. The largest absolute Gasteiger partial charge is 0.145 e. The number of unbranched alkanes of at least 4 members (excludes halogenated alkanes) is 9. The van der Waals surface area contributed by atoms with Crippen molar-refractivity contribution < 1.29 is 0 Å². The Morgan fingerprint density at radius 1 is 0.625 bits per heavy atom.